The first-order chi connectivity index (χ1) is 9.27. The molecule has 1 heterocycles. The van der Waals surface area contributed by atoms with Gasteiger partial charge in [0.2, 0.25) is 0 Å². The average Bonchev–Trinajstić information content (AvgIpc) is 2.36. The van der Waals surface area contributed by atoms with Crippen LogP contribution in [0.3, 0.4) is 0 Å². The minimum atomic E-state index is -0.192. The number of piperidine rings is 1. The lowest BCUT2D eigenvalue weighted by molar-refractivity contribution is 0.0710. The third-order valence-corrected chi connectivity index (χ3v) is 4.60. The zero-order chi connectivity index (χ0) is 15.3. The van der Waals surface area contributed by atoms with Gasteiger partial charge in [-0.3, -0.25) is 4.90 Å². The lowest BCUT2D eigenvalue weighted by Gasteiger charge is -2.42. The molecule has 0 aromatic carbocycles. The van der Waals surface area contributed by atoms with E-state index < -0.39 is 0 Å². The summed E-state index contributed by atoms with van der Waals surface area (Å²) in [5.41, 5.74) is -0.192. The van der Waals surface area contributed by atoms with E-state index >= 15 is 0 Å². The van der Waals surface area contributed by atoms with E-state index in [-0.39, 0.29) is 12.1 Å². The summed E-state index contributed by atoms with van der Waals surface area (Å²) in [6.45, 7) is 11.3. The van der Waals surface area contributed by atoms with Crippen molar-refractivity contribution in [2.75, 3.05) is 33.8 Å². The summed E-state index contributed by atoms with van der Waals surface area (Å²) in [7, 11) is 4.45. The van der Waals surface area contributed by atoms with Crippen LogP contribution in [0.5, 0.6) is 0 Å². The molecule has 120 valence electrons. The maximum absolute atomic E-state index is 9.73. The summed E-state index contributed by atoms with van der Waals surface area (Å²) in [6.07, 6.45) is 3.55. The molecule has 2 N–H and O–H groups in total. The van der Waals surface area contributed by atoms with Crippen molar-refractivity contribution in [2.24, 2.45) is 0 Å². The molecule has 1 aliphatic rings. The Balaban J connectivity index is 2.56. The Morgan fingerprint density at radius 3 is 2.55 bits per heavy atom. The van der Waals surface area contributed by atoms with E-state index in [1.54, 1.807) is 0 Å². The van der Waals surface area contributed by atoms with E-state index in [1.165, 1.54) is 19.4 Å². The van der Waals surface area contributed by atoms with Crippen molar-refractivity contribution in [3.63, 3.8) is 0 Å². The van der Waals surface area contributed by atoms with Crippen LogP contribution in [0.15, 0.2) is 0 Å². The summed E-state index contributed by atoms with van der Waals surface area (Å²) >= 11 is 0. The fourth-order valence-corrected chi connectivity index (χ4v) is 3.49. The van der Waals surface area contributed by atoms with Crippen LogP contribution >= 0.6 is 0 Å². The molecule has 1 fully saturated rings. The number of likely N-dealkylation sites (N-methyl/N-ethyl adjacent to an activating group) is 2. The highest BCUT2D eigenvalue weighted by Gasteiger charge is 2.31. The maximum atomic E-state index is 9.73. The minimum Gasteiger partial charge on any atom is -0.394 e. The van der Waals surface area contributed by atoms with Crippen LogP contribution in [-0.4, -0.2) is 72.4 Å². The minimum absolute atomic E-state index is 0.188. The van der Waals surface area contributed by atoms with Gasteiger partial charge in [-0.15, -0.1) is 0 Å². The molecule has 0 aromatic heterocycles. The molecule has 0 saturated carbocycles. The van der Waals surface area contributed by atoms with Crippen LogP contribution in [0.4, 0.5) is 0 Å². The predicted octanol–water partition coefficient (Wildman–Crippen LogP) is 1.54. The third-order valence-electron chi connectivity index (χ3n) is 4.60. The Bertz CT molecular complexity index is 285. The highest BCUT2D eigenvalue weighted by molar-refractivity contribution is 4.90. The standard InChI is InChI=1S/C16H35N3O/c1-13(2)17-16(4,12-20)10-14(3)19(6)15-8-7-9-18(5)11-15/h13-15,17,20H,7-12H2,1-6H3. The Morgan fingerprint density at radius 2 is 2.05 bits per heavy atom. The van der Waals surface area contributed by atoms with Crippen LogP contribution in [0.1, 0.15) is 47.0 Å². The van der Waals surface area contributed by atoms with E-state index in [2.05, 4.69) is 56.9 Å². The Kier molecular flexibility index (Phi) is 6.92. The predicted molar refractivity (Wildman–Crippen MR) is 86.1 cm³/mol. The molecule has 3 atom stereocenters. The van der Waals surface area contributed by atoms with E-state index in [0.29, 0.717) is 18.1 Å². The molecular weight excluding hydrogens is 250 g/mol. The summed E-state index contributed by atoms with van der Waals surface area (Å²) in [4.78, 5) is 4.93. The number of hydrogen-bond donors (Lipinski definition) is 2. The number of rotatable bonds is 7. The number of aliphatic hydroxyl groups is 1. The second-order valence-corrected chi connectivity index (χ2v) is 7.29. The molecule has 1 rings (SSSR count). The molecule has 1 aliphatic heterocycles. The molecule has 20 heavy (non-hydrogen) atoms. The highest BCUT2D eigenvalue weighted by atomic mass is 16.3. The van der Waals surface area contributed by atoms with Crippen molar-refractivity contribution in [3.8, 4) is 0 Å². The molecular formula is C16H35N3O. The maximum Gasteiger partial charge on any atom is 0.0611 e. The molecule has 0 amide bonds. The van der Waals surface area contributed by atoms with Crippen LogP contribution in [0, 0.1) is 0 Å². The van der Waals surface area contributed by atoms with Gasteiger partial charge < -0.3 is 15.3 Å². The van der Waals surface area contributed by atoms with Gasteiger partial charge in [0, 0.05) is 30.2 Å². The van der Waals surface area contributed by atoms with Crippen LogP contribution in [0.25, 0.3) is 0 Å². The fraction of sp³-hybridized carbons (Fsp3) is 1.00. The molecule has 0 aliphatic carbocycles. The van der Waals surface area contributed by atoms with Gasteiger partial charge in [0.25, 0.3) is 0 Å². The second-order valence-electron chi connectivity index (χ2n) is 7.29. The first kappa shape index (κ1) is 17.9. The largest absolute Gasteiger partial charge is 0.394 e. The van der Waals surface area contributed by atoms with Gasteiger partial charge in [0.05, 0.1) is 6.61 Å². The van der Waals surface area contributed by atoms with Crippen LogP contribution < -0.4 is 5.32 Å². The van der Waals surface area contributed by atoms with Gasteiger partial charge in [-0.1, -0.05) is 13.8 Å². The number of nitrogens with one attached hydrogen (secondary N) is 1. The summed E-state index contributed by atoms with van der Waals surface area (Å²) in [5, 5.41) is 13.2. The molecule has 0 aromatic rings. The normalized spacial score (nSPS) is 25.9. The van der Waals surface area contributed by atoms with Gasteiger partial charge in [-0.05, 0) is 53.8 Å². The monoisotopic (exact) mass is 285 g/mol. The van der Waals surface area contributed by atoms with E-state index in [4.69, 9.17) is 0 Å². The summed E-state index contributed by atoms with van der Waals surface area (Å²) in [5.74, 6) is 0. The molecule has 3 unspecified atom stereocenters. The quantitative estimate of drug-likeness (QED) is 0.744. The SMILES string of the molecule is CC(C)NC(C)(CO)CC(C)N(C)C1CCCN(C)C1. The van der Waals surface area contributed by atoms with Gasteiger partial charge >= 0.3 is 0 Å². The van der Waals surface area contributed by atoms with Crippen molar-refractivity contribution < 1.29 is 5.11 Å². The Morgan fingerprint density at radius 1 is 1.40 bits per heavy atom. The lowest BCUT2D eigenvalue weighted by atomic mass is 9.91. The smallest absolute Gasteiger partial charge is 0.0611 e. The molecule has 4 nitrogen and oxygen atoms in total. The molecule has 1 saturated heterocycles. The molecule has 0 bridgehead atoms. The van der Waals surface area contributed by atoms with Crippen molar-refractivity contribution in [3.05, 3.63) is 0 Å². The highest BCUT2D eigenvalue weighted by Crippen LogP contribution is 2.21. The second kappa shape index (κ2) is 7.74. The number of nitrogens with zero attached hydrogens (tertiary/aromatic N) is 2. The zero-order valence-corrected chi connectivity index (χ0v) is 14.3. The summed E-state index contributed by atoms with van der Waals surface area (Å²) in [6, 6.07) is 1.51. The van der Waals surface area contributed by atoms with E-state index in [9.17, 15) is 5.11 Å². The van der Waals surface area contributed by atoms with Crippen LogP contribution in [-0.2, 0) is 0 Å². The van der Waals surface area contributed by atoms with Crippen LogP contribution in [0.2, 0.25) is 0 Å². The van der Waals surface area contributed by atoms with E-state index in [0.717, 1.165) is 13.0 Å². The molecule has 0 spiro atoms. The van der Waals surface area contributed by atoms with Crippen molar-refractivity contribution in [1.29, 1.82) is 0 Å². The van der Waals surface area contributed by atoms with Gasteiger partial charge in [-0.25, -0.2) is 0 Å². The number of hydrogen-bond acceptors (Lipinski definition) is 4. The van der Waals surface area contributed by atoms with Gasteiger partial charge in [-0.2, -0.15) is 0 Å². The Hall–Kier alpha value is -0.160. The van der Waals surface area contributed by atoms with Crippen molar-refractivity contribution >= 4 is 0 Å². The fourth-order valence-electron chi connectivity index (χ4n) is 3.49. The number of likely N-dealkylation sites (tertiary alicyclic amines) is 1. The zero-order valence-electron chi connectivity index (χ0n) is 14.3. The van der Waals surface area contributed by atoms with E-state index in [1.807, 2.05) is 0 Å². The molecule has 0 radical (unpaired) electrons. The lowest BCUT2D eigenvalue weighted by Crippen LogP contribution is -2.55. The third kappa shape index (κ3) is 5.32. The topological polar surface area (TPSA) is 38.7 Å². The first-order valence-electron chi connectivity index (χ1n) is 8.06. The first-order valence-corrected chi connectivity index (χ1v) is 8.06. The molecule has 4 heteroatoms. The van der Waals surface area contributed by atoms with Crippen molar-refractivity contribution in [2.45, 2.75) is 70.6 Å². The average molecular weight is 285 g/mol. The van der Waals surface area contributed by atoms with Crippen molar-refractivity contribution in [1.82, 2.24) is 15.1 Å². The summed E-state index contributed by atoms with van der Waals surface area (Å²) < 4.78 is 0. The van der Waals surface area contributed by atoms with Gasteiger partial charge in [0.15, 0.2) is 0 Å². The Labute approximate surface area is 125 Å². The van der Waals surface area contributed by atoms with Gasteiger partial charge in [0.1, 0.15) is 0 Å². The number of aliphatic hydroxyl groups excluding tert-OH is 1.